The molecular formula is C20H30N4O5. The van der Waals surface area contributed by atoms with Crippen LogP contribution in [0.15, 0.2) is 9.59 Å². The molecule has 9 heteroatoms. The number of carbonyl (C=O) groups excluding carboxylic acids is 2. The molecule has 0 aromatic carbocycles. The molecule has 160 valence electrons. The molecule has 3 rings (SSSR count). The minimum Gasteiger partial charge on any atom is -0.455 e. The van der Waals surface area contributed by atoms with E-state index in [4.69, 9.17) is 10.5 Å². The number of hydrogen-bond acceptors (Lipinski definition) is 6. The van der Waals surface area contributed by atoms with Crippen molar-refractivity contribution in [1.82, 2.24) is 9.55 Å². The predicted molar refractivity (Wildman–Crippen MR) is 109 cm³/mol. The molecule has 1 amide bonds. The van der Waals surface area contributed by atoms with E-state index in [-0.39, 0.29) is 35.4 Å². The Hall–Kier alpha value is -2.58. The van der Waals surface area contributed by atoms with Crippen LogP contribution in [0.4, 0.5) is 11.5 Å². The maximum atomic E-state index is 13.0. The van der Waals surface area contributed by atoms with Gasteiger partial charge in [0.2, 0.25) is 0 Å². The van der Waals surface area contributed by atoms with E-state index in [0.29, 0.717) is 13.0 Å². The number of unbranched alkanes of at least 4 members (excludes halogenated alkanes) is 1. The number of nitrogen functional groups attached to an aromatic ring is 1. The Balaban J connectivity index is 1.90. The van der Waals surface area contributed by atoms with Crippen LogP contribution in [-0.2, 0) is 20.9 Å². The topological polar surface area (TPSA) is 127 Å². The summed E-state index contributed by atoms with van der Waals surface area (Å²) < 4.78 is 6.51. The Morgan fingerprint density at radius 1 is 1.28 bits per heavy atom. The molecular weight excluding hydrogens is 376 g/mol. The molecule has 2 aliphatic rings. The van der Waals surface area contributed by atoms with Crippen LogP contribution in [0.25, 0.3) is 0 Å². The average Bonchev–Trinajstić information content (AvgIpc) is 3.17. The molecule has 29 heavy (non-hydrogen) atoms. The van der Waals surface area contributed by atoms with Gasteiger partial charge < -0.3 is 10.5 Å². The van der Waals surface area contributed by atoms with Crippen molar-refractivity contribution in [1.29, 1.82) is 0 Å². The van der Waals surface area contributed by atoms with Crippen LogP contribution in [0, 0.1) is 11.8 Å². The number of esters is 1. The summed E-state index contributed by atoms with van der Waals surface area (Å²) in [6.45, 7) is 3.85. The third-order valence-electron chi connectivity index (χ3n) is 5.90. The number of amides is 1. The van der Waals surface area contributed by atoms with Crippen LogP contribution in [-0.4, -0.2) is 34.1 Å². The van der Waals surface area contributed by atoms with E-state index in [1.165, 1.54) is 9.47 Å². The van der Waals surface area contributed by atoms with Gasteiger partial charge in [-0.05, 0) is 31.6 Å². The van der Waals surface area contributed by atoms with Gasteiger partial charge in [-0.3, -0.25) is 28.8 Å². The van der Waals surface area contributed by atoms with E-state index in [2.05, 4.69) is 4.98 Å². The Kier molecular flexibility index (Phi) is 6.44. The number of nitrogens with one attached hydrogen (secondary N) is 1. The lowest BCUT2D eigenvalue weighted by atomic mass is 10.2. The van der Waals surface area contributed by atoms with Crippen molar-refractivity contribution in [2.45, 2.75) is 71.4 Å². The molecule has 1 aromatic rings. The van der Waals surface area contributed by atoms with E-state index >= 15 is 0 Å². The molecule has 1 heterocycles. The van der Waals surface area contributed by atoms with Crippen LogP contribution in [0.3, 0.4) is 0 Å². The third-order valence-corrected chi connectivity index (χ3v) is 5.90. The molecule has 0 bridgehead atoms. The number of nitrogens with zero attached hydrogens (tertiary/aromatic N) is 2. The summed E-state index contributed by atoms with van der Waals surface area (Å²) >= 11 is 0. The van der Waals surface area contributed by atoms with Crippen LogP contribution < -0.4 is 21.9 Å². The van der Waals surface area contributed by atoms with Crippen molar-refractivity contribution >= 4 is 23.4 Å². The number of carbonyl (C=O) groups is 2. The van der Waals surface area contributed by atoms with Crippen molar-refractivity contribution < 1.29 is 14.3 Å². The first-order valence-corrected chi connectivity index (χ1v) is 10.5. The molecule has 0 spiro atoms. The molecule has 2 fully saturated rings. The summed E-state index contributed by atoms with van der Waals surface area (Å²) in [4.78, 5) is 53.5. The van der Waals surface area contributed by atoms with E-state index in [1.54, 1.807) is 0 Å². The normalized spacial score (nSPS) is 21.2. The van der Waals surface area contributed by atoms with Gasteiger partial charge in [0.1, 0.15) is 5.82 Å². The van der Waals surface area contributed by atoms with Crippen molar-refractivity contribution in [3.63, 3.8) is 0 Å². The molecule has 2 atom stereocenters. The van der Waals surface area contributed by atoms with Crippen molar-refractivity contribution in [3.8, 4) is 0 Å². The van der Waals surface area contributed by atoms with Crippen LogP contribution >= 0.6 is 0 Å². The largest absolute Gasteiger partial charge is 0.455 e. The summed E-state index contributed by atoms with van der Waals surface area (Å²) in [6, 6.07) is -0.207. The molecule has 0 saturated heterocycles. The Bertz CT molecular complexity index is 884. The predicted octanol–water partition coefficient (Wildman–Crippen LogP) is 1.39. The number of H-pyrrole nitrogens is 1. The molecule has 2 aliphatic carbocycles. The highest BCUT2D eigenvalue weighted by molar-refractivity contribution is 5.98. The molecule has 1 aromatic heterocycles. The van der Waals surface area contributed by atoms with Gasteiger partial charge in [0.15, 0.2) is 12.3 Å². The van der Waals surface area contributed by atoms with E-state index in [1.807, 2.05) is 13.8 Å². The summed E-state index contributed by atoms with van der Waals surface area (Å²) in [6.07, 6.45) is 5.65. The van der Waals surface area contributed by atoms with Crippen LogP contribution in [0.5, 0.6) is 0 Å². The lowest BCUT2D eigenvalue weighted by Gasteiger charge is -2.29. The van der Waals surface area contributed by atoms with Gasteiger partial charge >= 0.3 is 11.7 Å². The molecule has 0 aliphatic heterocycles. The molecule has 2 saturated carbocycles. The van der Waals surface area contributed by atoms with Crippen molar-refractivity contribution in [2.75, 3.05) is 17.2 Å². The van der Waals surface area contributed by atoms with E-state index < -0.39 is 23.8 Å². The van der Waals surface area contributed by atoms with Gasteiger partial charge in [-0.15, -0.1) is 0 Å². The quantitative estimate of drug-likeness (QED) is 0.628. The lowest BCUT2D eigenvalue weighted by molar-refractivity contribution is -0.149. The van der Waals surface area contributed by atoms with Crippen LogP contribution in [0.2, 0.25) is 0 Å². The number of aromatic amines is 1. The highest BCUT2D eigenvalue weighted by Crippen LogP contribution is 2.38. The van der Waals surface area contributed by atoms with Crippen molar-refractivity contribution in [3.05, 3.63) is 20.8 Å². The third kappa shape index (κ3) is 4.54. The summed E-state index contributed by atoms with van der Waals surface area (Å²) in [5, 5.41) is 0. The van der Waals surface area contributed by atoms with Gasteiger partial charge in [0.25, 0.3) is 11.5 Å². The van der Waals surface area contributed by atoms with Crippen LogP contribution in [0.1, 0.15) is 58.8 Å². The number of anilines is 2. The zero-order valence-electron chi connectivity index (χ0n) is 17.1. The zero-order chi connectivity index (χ0) is 21.1. The standard InChI is InChI=1S/C20H30N4O5/c1-3-4-9-23-17(21)16(18(26)22-20(23)28)24(13-7-5-6-8-13)15(25)11-29-19(27)14-10-12(14)2/h12-14H,3-11,21H2,1-2H3,(H,22,26,28)/t12-,14+/m0/s1. The number of rotatable bonds is 8. The number of hydrogen-bond donors (Lipinski definition) is 2. The number of ether oxygens (including phenoxy) is 1. The average molecular weight is 406 g/mol. The van der Waals surface area contributed by atoms with Gasteiger partial charge in [-0.2, -0.15) is 0 Å². The first-order valence-electron chi connectivity index (χ1n) is 10.5. The number of nitrogens with two attached hydrogens (primary N) is 1. The van der Waals surface area contributed by atoms with Gasteiger partial charge in [-0.25, -0.2) is 4.79 Å². The maximum absolute atomic E-state index is 13.0. The summed E-state index contributed by atoms with van der Waals surface area (Å²) in [5.41, 5.74) is 4.91. The second-order valence-corrected chi connectivity index (χ2v) is 8.13. The van der Waals surface area contributed by atoms with Gasteiger partial charge in [0, 0.05) is 12.6 Å². The highest BCUT2D eigenvalue weighted by atomic mass is 16.5. The smallest absolute Gasteiger partial charge is 0.330 e. The fourth-order valence-electron chi connectivity index (χ4n) is 3.98. The highest BCUT2D eigenvalue weighted by Gasteiger charge is 2.41. The molecule has 0 radical (unpaired) electrons. The second kappa shape index (κ2) is 8.84. The summed E-state index contributed by atoms with van der Waals surface area (Å²) in [5.74, 6) is -0.755. The van der Waals surface area contributed by atoms with Crippen molar-refractivity contribution in [2.24, 2.45) is 11.8 Å². The van der Waals surface area contributed by atoms with E-state index in [9.17, 15) is 19.2 Å². The Morgan fingerprint density at radius 2 is 1.93 bits per heavy atom. The first-order chi connectivity index (χ1) is 13.8. The Morgan fingerprint density at radius 3 is 2.52 bits per heavy atom. The fourth-order valence-corrected chi connectivity index (χ4v) is 3.98. The minimum atomic E-state index is -0.692. The molecule has 9 nitrogen and oxygen atoms in total. The van der Waals surface area contributed by atoms with Gasteiger partial charge in [0.05, 0.1) is 5.92 Å². The first kappa shape index (κ1) is 21.1. The van der Waals surface area contributed by atoms with Gasteiger partial charge in [-0.1, -0.05) is 33.1 Å². The van der Waals surface area contributed by atoms with E-state index in [0.717, 1.165) is 38.5 Å². The fraction of sp³-hybridized carbons (Fsp3) is 0.700. The molecule has 0 unspecified atom stereocenters. The SMILES string of the molecule is CCCCn1c(N)c(N(C(=O)COC(=O)[C@@H]2C[C@@H]2C)C2CCCC2)c(=O)[nH]c1=O. The second-order valence-electron chi connectivity index (χ2n) is 8.13. The minimum absolute atomic E-state index is 0.0189. The monoisotopic (exact) mass is 406 g/mol. The molecule has 3 N–H and O–H groups in total. The number of aromatic nitrogens is 2. The Labute approximate surface area is 169 Å². The maximum Gasteiger partial charge on any atom is 0.330 e. The summed E-state index contributed by atoms with van der Waals surface area (Å²) in [7, 11) is 0. The lowest BCUT2D eigenvalue weighted by Crippen LogP contribution is -2.47. The zero-order valence-corrected chi connectivity index (χ0v) is 17.1.